The van der Waals surface area contributed by atoms with E-state index in [2.05, 4.69) is 4.72 Å². The largest absolute Gasteiger partial charge is 0.392 e. The van der Waals surface area contributed by atoms with Crippen molar-refractivity contribution in [1.29, 1.82) is 0 Å². The molecule has 2 N–H and O–H groups in total. The summed E-state index contributed by atoms with van der Waals surface area (Å²) in [4.78, 5) is 0.171. The van der Waals surface area contributed by atoms with E-state index in [9.17, 15) is 8.42 Å². The number of rotatable bonds is 4. The summed E-state index contributed by atoms with van der Waals surface area (Å²) < 4.78 is 26.9. The lowest BCUT2D eigenvalue weighted by molar-refractivity contribution is 0.278. The third-order valence-electron chi connectivity index (χ3n) is 3.24. The molecule has 1 atom stereocenters. The minimum atomic E-state index is -3.52. The molecule has 0 amide bonds. The third-order valence-corrected chi connectivity index (χ3v) is 4.82. The third kappa shape index (κ3) is 2.51. The highest BCUT2D eigenvalue weighted by molar-refractivity contribution is 7.89. The Hall–Kier alpha value is -0.910. The number of hydrogen-bond acceptors (Lipinski definition) is 3. The van der Waals surface area contributed by atoms with Crippen molar-refractivity contribution >= 4 is 10.0 Å². The second-order valence-corrected chi connectivity index (χ2v) is 6.81. The maximum absolute atomic E-state index is 12.1. The predicted molar refractivity (Wildman–Crippen MR) is 64.9 cm³/mol. The van der Waals surface area contributed by atoms with Crippen molar-refractivity contribution in [3.8, 4) is 0 Å². The molecule has 0 saturated heterocycles. The van der Waals surface area contributed by atoms with Crippen LogP contribution < -0.4 is 4.72 Å². The Morgan fingerprint density at radius 1 is 1.41 bits per heavy atom. The monoisotopic (exact) mass is 255 g/mol. The Morgan fingerprint density at radius 2 is 2.00 bits per heavy atom. The molecule has 94 valence electrons. The van der Waals surface area contributed by atoms with E-state index in [4.69, 9.17) is 5.11 Å². The van der Waals surface area contributed by atoms with Gasteiger partial charge in [0.05, 0.1) is 11.5 Å². The first kappa shape index (κ1) is 12.5. The maximum Gasteiger partial charge on any atom is 0.241 e. The summed E-state index contributed by atoms with van der Waals surface area (Å²) in [5, 5.41) is 9.14. The van der Waals surface area contributed by atoms with Gasteiger partial charge in [-0.3, -0.25) is 0 Å². The minimum Gasteiger partial charge on any atom is -0.392 e. The van der Waals surface area contributed by atoms with Crippen molar-refractivity contribution in [3.63, 3.8) is 0 Å². The van der Waals surface area contributed by atoms with E-state index >= 15 is 0 Å². The van der Waals surface area contributed by atoms with Crippen LogP contribution in [0.4, 0.5) is 0 Å². The first-order valence-corrected chi connectivity index (χ1v) is 7.06. The van der Waals surface area contributed by atoms with E-state index in [1.165, 1.54) is 6.07 Å². The summed E-state index contributed by atoms with van der Waals surface area (Å²) in [6.45, 7) is 3.78. The average molecular weight is 255 g/mol. The maximum atomic E-state index is 12.1. The van der Waals surface area contributed by atoms with Crippen molar-refractivity contribution < 1.29 is 13.5 Å². The zero-order valence-corrected chi connectivity index (χ0v) is 10.8. The van der Waals surface area contributed by atoms with Gasteiger partial charge in [-0.15, -0.1) is 0 Å². The summed E-state index contributed by atoms with van der Waals surface area (Å²) in [6, 6.07) is 6.51. The number of aliphatic hydroxyl groups excluding tert-OH is 1. The molecule has 4 nitrogen and oxygen atoms in total. The highest BCUT2D eigenvalue weighted by atomic mass is 32.2. The standard InChI is InChI=1S/C12H17NO3S/c1-12(2)7-11(12)13-17(15,16)10-6-4-3-5-9(10)8-14/h3-6,11,13-14H,7-8H2,1-2H3. The lowest BCUT2D eigenvalue weighted by Gasteiger charge is -2.11. The van der Waals surface area contributed by atoms with Gasteiger partial charge in [-0.25, -0.2) is 13.1 Å². The van der Waals surface area contributed by atoms with Crippen LogP contribution in [0.25, 0.3) is 0 Å². The summed E-state index contributed by atoms with van der Waals surface area (Å²) in [7, 11) is -3.52. The van der Waals surface area contributed by atoms with Gasteiger partial charge in [-0.1, -0.05) is 32.0 Å². The molecule has 17 heavy (non-hydrogen) atoms. The van der Waals surface area contributed by atoms with Gasteiger partial charge in [0.25, 0.3) is 0 Å². The van der Waals surface area contributed by atoms with Gasteiger partial charge in [0, 0.05) is 6.04 Å². The van der Waals surface area contributed by atoms with Crippen molar-refractivity contribution in [2.45, 2.75) is 37.8 Å². The lowest BCUT2D eigenvalue weighted by atomic mass is 10.2. The summed E-state index contributed by atoms with van der Waals surface area (Å²) in [5.74, 6) is 0. The van der Waals surface area contributed by atoms with Gasteiger partial charge in [-0.05, 0) is 23.5 Å². The highest BCUT2D eigenvalue weighted by Gasteiger charge is 2.48. The topological polar surface area (TPSA) is 66.4 Å². The molecule has 1 saturated carbocycles. The molecule has 1 fully saturated rings. The molecule has 0 aliphatic heterocycles. The molecule has 1 aliphatic carbocycles. The lowest BCUT2D eigenvalue weighted by Crippen LogP contribution is -2.29. The summed E-state index contributed by atoms with van der Waals surface area (Å²) >= 11 is 0. The minimum absolute atomic E-state index is 0.000695. The first-order chi connectivity index (χ1) is 7.87. The van der Waals surface area contributed by atoms with E-state index in [0.717, 1.165) is 6.42 Å². The van der Waals surface area contributed by atoms with Crippen LogP contribution in [0.1, 0.15) is 25.8 Å². The molecule has 0 bridgehead atoms. The Labute approximate surface area is 102 Å². The molecule has 1 unspecified atom stereocenters. The smallest absolute Gasteiger partial charge is 0.241 e. The van der Waals surface area contributed by atoms with Crippen LogP contribution in [0.15, 0.2) is 29.2 Å². The predicted octanol–water partition coefficient (Wildman–Crippen LogP) is 1.26. The number of benzene rings is 1. The van der Waals surface area contributed by atoms with E-state index in [-0.39, 0.29) is 23.0 Å². The van der Waals surface area contributed by atoms with Crippen LogP contribution >= 0.6 is 0 Å². The van der Waals surface area contributed by atoms with Gasteiger partial charge >= 0.3 is 0 Å². The van der Waals surface area contributed by atoms with Crippen molar-refractivity contribution in [2.75, 3.05) is 0 Å². The van der Waals surface area contributed by atoms with Crippen molar-refractivity contribution in [1.82, 2.24) is 4.72 Å². The Kier molecular flexibility index (Phi) is 3.01. The molecule has 0 radical (unpaired) electrons. The molecule has 0 heterocycles. The second kappa shape index (κ2) is 4.08. The summed E-state index contributed by atoms with van der Waals surface area (Å²) in [5.41, 5.74) is 0.472. The quantitative estimate of drug-likeness (QED) is 0.851. The number of hydrogen-bond donors (Lipinski definition) is 2. The zero-order chi connectivity index (χ0) is 12.7. The molecule has 1 aromatic carbocycles. The molecular formula is C12H17NO3S. The van der Waals surface area contributed by atoms with E-state index in [1.54, 1.807) is 18.2 Å². The molecule has 5 heteroatoms. The summed E-state index contributed by atoms with van der Waals surface area (Å²) in [6.07, 6.45) is 0.855. The molecule has 0 aromatic heterocycles. The van der Waals surface area contributed by atoms with E-state index < -0.39 is 10.0 Å². The first-order valence-electron chi connectivity index (χ1n) is 5.58. The molecule has 1 aliphatic rings. The van der Waals surface area contributed by atoms with E-state index in [1.807, 2.05) is 13.8 Å². The number of aliphatic hydroxyl groups is 1. The van der Waals surface area contributed by atoms with Crippen LogP contribution in [0, 0.1) is 5.41 Å². The van der Waals surface area contributed by atoms with Gasteiger partial charge in [-0.2, -0.15) is 0 Å². The molecule has 1 aromatic rings. The Bertz CT molecular complexity index is 522. The van der Waals surface area contributed by atoms with Gasteiger partial charge < -0.3 is 5.11 Å². The van der Waals surface area contributed by atoms with E-state index in [0.29, 0.717) is 5.56 Å². The fraction of sp³-hybridized carbons (Fsp3) is 0.500. The Morgan fingerprint density at radius 3 is 2.53 bits per heavy atom. The number of sulfonamides is 1. The van der Waals surface area contributed by atoms with Crippen LogP contribution in [-0.2, 0) is 16.6 Å². The fourth-order valence-corrected chi connectivity index (χ4v) is 3.46. The molecule has 0 spiro atoms. The van der Waals surface area contributed by atoms with Gasteiger partial charge in [0.1, 0.15) is 0 Å². The second-order valence-electron chi connectivity index (χ2n) is 5.13. The molecule has 2 rings (SSSR count). The molecular weight excluding hydrogens is 238 g/mol. The number of nitrogens with one attached hydrogen (secondary N) is 1. The van der Waals surface area contributed by atoms with Crippen molar-refractivity contribution in [3.05, 3.63) is 29.8 Å². The Balaban J connectivity index is 2.26. The SMILES string of the molecule is CC1(C)CC1NS(=O)(=O)c1ccccc1CO. The van der Waals surface area contributed by atoms with Gasteiger partial charge in [0.15, 0.2) is 0 Å². The average Bonchev–Trinajstić information content (AvgIpc) is 2.85. The van der Waals surface area contributed by atoms with Gasteiger partial charge in [0.2, 0.25) is 10.0 Å². The van der Waals surface area contributed by atoms with Crippen molar-refractivity contribution in [2.24, 2.45) is 5.41 Å². The van der Waals surface area contributed by atoms with Crippen LogP contribution in [0.5, 0.6) is 0 Å². The van der Waals surface area contributed by atoms with Crippen LogP contribution in [0.3, 0.4) is 0 Å². The van der Waals surface area contributed by atoms with Crippen LogP contribution in [0.2, 0.25) is 0 Å². The van der Waals surface area contributed by atoms with Crippen LogP contribution in [-0.4, -0.2) is 19.6 Å². The fourth-order valence-electron chi connectivity index (χ4n) is 1.82. The highest BCUT2D eigenvalue weighted by Crippen LogP contribution is 2.45. The zero-order valence-electron chi connectivity index (χ0n) is 9.97. The normalized spacial score (nSPS) is 22.4.